The molecule has 1 unspecified atom stereocenters. The van der Waals surface area contributed by atoms with Crippen LogP contribution in [0.5, 0.6) is 0 Å². The summed E-state index contributed by atoms with van der Waals surface area (Å²) in [6.07, 6.45) is 12.5. The van der Waals surface area contributed by atoms with Gasteiger partial charge in [0, 0.05) is 29.6 Å². The predicted molar refractivity (Wildman–Crippen MR) is 112 cm³/mol. The molecule has 4 nitrogen and oxygen atoms in total. The van der Waals surface area contributed by atoms with Crippen LogP contribution in [0.3, 0.4) is 0 Å². The van der Waals surface area contributed by atoms with Gasteiger partial charge in [0.15, 0.2) is 0 Å². The molecule has 4 aliphatic rings. The van der Waals surface area contributed by atoms with Gasteiger partial charge in [0.1, 0.15) is 5.76 Å². The van der Waals surface area contributed by atoms with E-state index in [2.05, 4.69) is 28.4 Å². The van der Waals surface area contributed by atoms with Gasteiger partial charge in [-0.15, -0.1) is 0 Å². The van der Waals surface area contributed by atoms with Gasteiger partial charge in [0.05, 0.1) is 6.26 Å². The summed E-state index contributed by atoms with van der Waals surface area (Å²) in [5.41, 5.74) is 2.56. The lowest BCUT2D eigenvalue weighted by molar-refractivity contribution is -0.121. The normalized spacial score (nSPS) is 26.4. The maximum Gasteiger partial charge on any atom is 0.219 e. The molecule has 0 bridgehead atoms. The Kier molecular flexibility index (Phi) is 6.36. The van der Waals surface area contributed by atoms with Crippen LogP contribution in [0.25, 0.3) is 11.3 Å². The molecule has 4 rings (SSSR count). The smallest absolute Gasteiger partial charge is 0.219 e. The van der Waals surface area contributed by atoms with Crippen molar-refractivity contribution in [3.63, 3.8) is 0 Å². The largest absolute Gasteiger partial charge is 0.464 e. The first-order valence-corrected chi connectivity index (χ1v) is 11.2. The second kappa shape index (κ2) is 9.13. The molecule has 0 aromatic heterocycles. The zero-order chi connectivity index (χ0) is 19.3. The molecule has 0 spiro atoms. The van der Waals surface area contributed by atoms with Crippen LogP contribution in [-0.2, 0) is 4.79 Å². The van der Waals surface area contributed by atoms with Gasteiger partial charge < -0.3 is 9.73 Å². The van der Waals surface area contributed by atoms with Crippen LogP contribution in [-0.4, -0.2) is 29.9 Å². The van der Waals surface area contributed by atoms with Crippen LogP contribution >= 0.6 is 0 Å². The van der Waals surface area contributed by atoms with Gasteiger partial charge in [-0.2, -0.15) is 0 Å². The third-order valence-electron chi connectivity index (χ3n) is 6.81. The minimum atomic E-state index is 0.201. The average molecular weight is 383 g/mol. The molecule has 1 N–H and O–H groups in total. The number of nitrogens with one attached hydrogen (secondary N) is 1. The Labute approximate surface area is 169 Å². The lowest BCUT2D eigenvalue weighted by Gasteiger charge is -2.37. The topological polar surface area (TPSA) is 45.5 Å². The molecule has 2 aliphatic carbocycles. The Hall–Kier alpha value is -1.81. The summed E-state index contributed by atoms with van der Waals surface area (Å²) in [5, 5.41) is 3.18. The van der Waals surface area contributed by atoms with Crippen molar-refractivity contribution in [1.29, 1.82) is 0 Å². The average Bonchev–Trinajstić information content (AvgIpc) is 3.21. The van der Waals surface area contributed by atoms with Crippen molar-refractivity contribution in [2.45, 2.75) is 76.8 Å². The van der Waals surface area contributed by atoms with E-state index in [1.54, 1.807) is 0 Å². The van der Waals surface area contributed by atoms with Gasteiger partial charge in [-0.25, -0.2) is 0 Å². The molecule has 2 fully saturated rings. The second-order valence-electron chi connectivity index (χ2n) is 8.70. The fourth-order valence-electron chi connectivity index (χ4n) is 5.07. The molecule has 0 aromatic rings. The lowest BCUT2D eigenvalue weighted by Crippen LogP contribution is -2.38. The lowest BCUT2D eigenvalue weighted by atomic mass is 9.83. The number of nitrogens with zero attached hydrogens (tertiary/aromatic N) is 1. The Bertz CT molecular complexity index is 732. The molecule has 28 heavy (non-hydrogen) atoms. The summed E-state index contributed by atoms with van der Waals surface area (Å²) in [7, 11) is 0. The Morgan fingerprint density at radius 1 is 1.18 bits per heavy atom. The van der Waals surface area contributed by atoms with E-state index in [4.69, 9.17) is 4.42 Å². The number of hydrogen-bond acceptors (Lipinski definition) is 3. The van der Waals surface area contributed by atoms with E-state index in [9.17, 15) is 4.79 Å². The minimum Gasteiger partial charge on any atom is -0.464 e. The molecular formula is C24H34N2O2. The van der Waals surface area contributed by atoms with Gasteiger partial charge in [0.25, 0.3) is 0 Å². The predicted octanol–water partition coefficient (Wildman–Crippen LogP) is 5.39. The molecule has 1 amide bonds. The Balaban J connectivity index is 1.31. The highest BCUT2D eigenvalue weighted by Crippen LogP contribution is 2.36. The zero-order valence-corrected chi connectivity index (χ0v) is 17.2. The van der Waals surface area contributed by atoms with Crippen LogP contribution < -0.4 is 5.32 Å². The van der Waals surface area contributed by atoms with Crippen LogP contribution in [0.4, 0.5) is 0 Å². The fraction of sp³-hybridized carbons (Fsp3) is 0.625. The van der Waals surface area contributed by atoms with Crippen molar-refractivity contribution >= 4 is 5.91 Å². The summed E-state index contributed by atoms with van der Waals surface area (Å²) >= 11 is 0. The zero-order valence-electron chi connectivity index (χ0n) is 17.2. The van der Waals surface area contributed by atoms with Crippen LogP contribution in [0.2, 0.25) is 0 Å². The summed E-state index contributed by atoms with van der Waals surface area (Å²) in [5.74, 6) is 1.99. The second-order valence-corrected chi connectivity index (χ2v) is 8.70. The standard InChI is InChI=1S/C24H34N2O2/c1-2-24(27)25-21-11-9-18(10-12-21)13-15-26-14-4-3-7-22(26)20-16-19-6-5-8-23(19)28-17-20/h5-6,8,16-18,21-22H,2-4,7,9-15H2,1H3,(H,25,27). The first-order valence-electron chi connectivity index (χ1n) is 11.2. The van der Waals surface area contributed by atoms with E-state index in [0.29, 0.717) is 18.5 Å². The fourth-order valence-corrected chi connectivity index (χ4v) is 5.07. The summed E-state index contributed by atoms with van der Waals surface area (Å²) < 4.78 is 5.87. The SMILES string of the molecule is CCC(=O)NC1CCC(CCN2CCCCC2c2coc3cccc-3c2)CC1. The number of hydrogen-bond donors (Lipinski definition) is 1. The van der Waals surface area contributed by atoms with E-state index >= 15 is 0 Å². The molecule has 2 aliphatic heterocycles. The number of piperidine rings is 1. The van der Waals surface area contributed by atoms with Gasteiger partial charge in [0.2, 0.25) is 5.91 Å². The number of rotatable bonds is 6. The summed E-state index contributed by atoms with van der Waals surface area (Å²) in [6, 6.07) is 9.48. The van der Waals surface area contributed by atoms with E-state index in [0.717, 1.165) is 24.5 Å². The monoisotopic (exact) mass is 382 g/mol. The molecule has 152 valence electrons. The van der Waals surface area contributed by atoms with E-state index < -0.39 is 0 Å². The molecule has 1 saturated heterocycles. The quantitative estimate of drug-likeness (QED) is 0.729. The minimum absolute atomic E-state index is 0.201. The van der Waals surface area contributed by atoms with Crippen molar-refractivity contribution < 1.29 is 9.21 Å². The Morgan fingerprint density at radius 2 is 2.04 bits per heavy atom. The van der Waals surface area contributed by atoms with E-state index in [-0.39, 0.29) is 5.91 Å². The van der Waals surface area contributed by atoms with Gasteiger partial charge >= 0.3 is 0 Å². The number of likely N-dealkylation sites (tertiary alicyclic amines) is 1. The number of carbonyl (C=O) groups excluding carboxylic acids is 1. The van der Waals surface area contributed by atoms with Crippen molar-refractivity contribution in [3.05, 3.63) is 36.1 Å². The molecule has 1 saturated carbocycles. The molecule has 4 heteroatoms. The first-order chi connectivity index (χ1) is 13.7. The Morgan fingerprint density at radius 3 is 2.86 bits per heavy atom. The highest BCUT2D eigenvalue weighted by molar-refractivity contribution is 5.75. The van der Waals surface area contributed by atoms with Crippen LogP contribution in [0.15, 0.2) is 34.9 Å². The van der Waals surface area contributed by atoms with Gasteiger partial charge in [-0.3, -0.25) is 9.69 Å². The van der Waals surface area contributed by atoms with Crippen LogP contribution in [0, 0.1) is 5.92 Å². The summed E-state index contributed by atoms with van der Waals surface area (Å²) in [6.45, 7) is 4.31. The number of fused-ring (bicyclic) bond motifs is 1. The van der Waals surface area contributed by atoms with Crippen molar-refractivity contribution in [2.24, 2.45) is 5.92 Å². The third kappa shape index (κ3) is 4.60. The van der Waals surface area contributed by atoms with E-state index in [1.807, 2.05) is 19.3 Å². The molecule has 2 heterocycles. The first kappa shape index (κ1) is 19.5. The highest BCUT2D eigenvalue weighted by Gasteiger charge is 2.27. The molecule has 1 atom stereocenters. The van der Waals surface area contributed by atoms with E-state index in [1.165, 1.54) is 62.7 Å². The number of amides is 1. The number of carbonyl (C=O) groups is 1. The maximum absolute atomic E-state index is 11.6. The van der Waals surface area contributed by atoms with Gasteiger partial charge in [-0.05, 0) is 76.1 Å². The molecule has 0 radical (unpaired) electrons. The molecular weight excluding hydrogens is 348 g/mol. The van der Waals surface area contributed by atoms with Crippen molar-refractivity contribution in [1.82, 2.24) is 10.2 Å². The third-order valence-corrected chi connectivity index (χ3v) is 6.81. The molecule has 0 aromatic carbocycles. The summed E-state index contributed by atoms with van der Waals surface area (Å²) in [4.78, 5) is 14.3. The van der Waals surface area contributed by atoms with Gasteiger partial charge in [-0.1, -0.05) is 25.5 Å². The van der Waals surface area contributed by atoms with Crippen molar-refractivity contribution in [2.75, 3.05) is 13.1 Å². The van der Waals surface area contributed by atoms with Crippen LogP contribution in [0.1, 0.15) is 76.3 Å². The maximum atomic E-state index is 11.6. The highest BCUT2D eigenvalue weighted by atomic mass is 16.3. The van der Waals surface area contributed by atoms with Crippen molar-refractivity contribution in [3.8, 4) is 11.3 Å².